The second-order valence-electron chi connectivity index (χ2n) is 10.1. The number of carbonyl (C=O) groups excluding carboxylic acids is 2. The topological polar surface area (TPSA) is 96.0 Å². The van der Waals surface area contributed by atoms with Crippen molar-refractivity contribution in [1.29, 1.82) is 0 Å². The third kappa shape index (κ3) is 8.81. The van der Waals surface area contributed by atoms with Gasteiger partial charge in [-0.15, -0.1) is 11.8 Å². The van der Waals surface area contributed by atoms with Crippen LogP contribution in [0.3, 0.4) is 0 Å². The van der Waals surface area contributed by atoms with E-state index in [0.29, 0.717) is 27.9 Å². The Morgan fingerprint density at radius 1 is 0.953 bits per heavy atom. The summed E-state index contributed by atoms with van der Waals surface area (Å²) in [4.78, 5) is 29.6. The van der Waals surface area contributed by atoms with Crippen molar-refractivity contribution in [3.05, 3.63) is 82.3 Å². The highest BCUT2D eigenvalue weighted by atomic mass is 35.5. The van der Waals surface area contributed by atoms with Gasteiger partial charge in [-0.25, -0.2) is 8.42 Å². The van der Waals surface area contributed by atoms with E-state index in [9.17, 15) is 18.0 Å². The number of para-hydroxylation sites is 2. The van der Waals surface area contributed by atoms with Crippen molar-refractivity contribution >= 4 is 62.5 Å². The predicted molar refractivity (Wildman–Crippen MR) is 175 cm³/mol. The van der Waals surface area contributed by atoms with Crippen molar-refractivity contribution in [2.75, 3.05) is 30.3 Å². The molecule has 0 radical (unpaired) electrons. The van der Waals surface area contributed by atoms with E-state index in [2.05, 4.69) is 5.32 Å². The van der Waals surface area contributed by atoms with E-state index in [-0.39, 0.29) is 35.6 Å². The fraction of sp³-hybridized carbons (Fsp3) is 0.355. The standard InChI is InChI=1S/C31H37Cl2N3O5S2/c1-6-41-29-13-8-7-12-28(29)36(43(39,40)24-16-14-23(42-5)15-17-24)20-30(37)35(22(4)31(38)34-18-21(2)3)19-25-26(32)10-9-11-27(25)33/h7-17,21-22H,6,18-20H2,1-5H3,(H,34,38). The third-order valence-electron chi connectivity index (χ3n) is 6.60. The van der Waals surface area contributed by atoms with E-state index in [0.717, 1.165) is 9.20 Å². The summed E-state index contributed by atoms with van der Waals surface area (Å²) in [6.45, 7) is 7.26. The first kappa shape index (κ1) is 34.6. The number of thioether (sulfide) groups is 1. The summed E-state index contributed by atoms with van der Waals surface area (Å²) >= 11 is 14.4. The Labute approximate surface area is 268 Å². The highest BCUT2D eigenvalue weighted by molar-refractivity contribution is 7.98. The average molecular weight is 667 g/mol. The highest BCUT2D eigenvalue weighted by Crippen LogP contribution is 2.34. The maximum absolute atomic E-state index is 14.2. The summed E-state index contributed by atoms with van der Waals surface area (Å²) < 4.78 is 35.1. The molecule has 8 nitrogen and oxygen atoms in total. The number of nitrogens with one attached hydrogen (secondary N) is 1. The molecular weight excluding hydrogens is 629 g/mol. The molecule has 0 fully saturated rings. The molecule has 0 bridgehead atoms. The van der Waals surface area contributed by atoms with E-state index >= 15 is 0 Å². The monoisotopic (exact) mass is 665 g/mol. The number of nitrogens with zero attached hydrogens (tertiary/aromatic N) is 2. The van der Waals surface area contributed by atoms with Gasteiger partial charge in [0.2, 0.25) is 11.8 Å². The third-order valence-corrected chi connectivity index (χ3v) is 9.83. The van der Waals surface area contributed by atoms with Gasteiger partial charge in [-0.3, -0.25) is 13.9 Å². The van der Waals surface area contributed by atoms with Gasteiger partial charge < -0.3 is 15.0 Å². The SMILES string of the molecule is CCOc1ccccc1N(CC(=O)N(Cc1c(Cl)cccc1Cl)C(C)C(=O)NCC(C)C)S(=O)(=O)c1ccc(SC)cc1. The van der Waals surface area contributed by atoms with Crippen LogP contribution in [0.5, 0.6) is 5.75 Å². The molecule has 1 atom stereocenters. The number of amides is 2. The van der Waals surface area contributed by atoms with Gasteiger partial charge in [0.05, 0.1) is 17.2 Å². The number of rotatable bonds is 14. The molecule has 0 aliphatic carbocycles. The molecule has 12 heteroatoms. The molecule has 232 valence electrons. The molecule has 0 saturated carbocycles. The molecule has 3 aromatic carbocycles. The van der Waals surface area contributed by atoms with Gasteiger partial charge in [-0.2, -0.15) is 0 Å². The fourth-order valence-electron chi connectivity index (χ4n) is 4.22. The molecule has 2 amide bonds. The van der Waals surface area contributed by atoms with Crippen LogP contribution in [0.25, 0.3) is 0 Å². The maximum atomic E-state index is 14.2. The van der Waals surface area contributed by atoms with Gasteiger partial charge in [-0.05, 0) is 74.6 Å². The lowest BCUT2D eigenvalue weighted by Crippen LogP contribution is -2.51. The number of benzene rings is 3. The number of ether oxygens (including phenoxy) is 1. The van der Waals surface area contributed by atoms with Crippen LogP contribution < -0.4 is 14.4 Å². The zero-order valence-electron chi connectivity index (χ0n) is 24.8. The predicted octanol–water partition coefficient (Wildman–Crippen LogP) is 6.50. The second kappa shape index (κ2) is 15.7. The highest BCUT2D eigenvalue weighted by Gasteiger charge is 2.34. The van der Waals surface area contributed by atoms with Crippen LogP contribution in [0.2, 0.25) is 10.0 Å². The van der Waals surface area contributed by atoms with E-state index in [1.54, 1.807) is 68.4 Å². The van der Waals surface area contributed by atoms with Gasteiger partial charge in [0, 0.05) is 33.6 Å². The summed E-state index contributed by atoms with van der Waals surface area (Å²) in [7, 11) is -4.26. The Morgan fingerprint density at radius 2 is 1.58 bits per heavy atom. The van der Waals surface area contributed by atoms with Crippen LogP contribution in [0.1, 0.15) is 33.3 Å². The van der Waals surface area contributed by atoms with Crippen molar-refractivity contribution < 1.29 is 22.7 Å². The summed E-state index contributed by atoms with van der Waals surface area (Å²) in [5.74, 6) is -0.530. The molecule has 0 saturated heterocycles. The van der Waals surface area contributed by atoms with E-state index in [1.807, 2.05) is 20.1 Å². The van der Waals surface area contributed by atoms with E-state index < -0.39 is 28.5 Å². The van der Waals surface area contributed by atoms with E-state index in [1.165, 1.54) is 28.8 Å². The fourth-order valence-corrected chi connectivity index (χ4v) is 6.57. The van der Waals surface area contributed by atoms with Gasteiger partial charge in [-0.1, -0.05) is 55.2 Å². The van der Waals surface area contributed by atoms with Crippen molar-refractivity contribution in [3.8, 4) is 5.75 Å². The van der Waals surface area contributed by atoms with Crippen LogP contribution in [0.4, 0.5) is 5.69 Å². The molecule has 0 aliphatic heterocycles. The number of hydrogen-bond donors (Lipinski definition) is 1. The molecule has 0 aliphatic rings. The van der Waals surface area contributed by atoms with Crippen LogP contribution in [-0.4, -0.2) is 57.1 Å². The lowest BCUT2D eigenvalue weighted by Gasteiger charge is -2.33. The molecule has 1 unspecified atom stereocenters. The number of anilines is 1. The number of halogens is 2. The Hall–Kier alpha value is -2.92. The zero-order valence-corrected chi connectivity index (χ0v) is 28.0. The van der Waals surface area contributed by atoms with Crippen LogP contribution in [0.15, 0.2) is 76.5 Å². The average Bonchev–Trinajstić information content (AvgIpc) is 2.98. The Morgan fingerprint density at radius 3 is 2.16 bits per heavy atom. The first-order valence-corrected chi connectivity index (χ1v) is 17.2. The lowest BCUT2D eigenvalue weighted by atomic mass is 10.1. The minimum absolute atomic E-state index is 0.00725. The largest absolute Gasteiger partial charge is 0.492 e. The summed E-state index contributed by atoms with van der Waals surface area (Å²) in [5.41, 5.74) is 0.638. The molecule has 3 aromatic rings. The maximum Gasteiger partial charge on any atom is 0.264 e. The summed E-state index contributed by atoms with van der Waals surface area (Å²) in [6.07, 6.45) is 1.89. The summed E-state index contributed by atoms with van der Waals surface area (Å²) in [6, 6.07) is 17.0. The Kier molecular flexibility index (Phi) is 12.6. The molecule has 0 aromatic heterocycles. The lowest BCUT2D eigenvalue weighted by molar-refractivity contribution is -0.139. The number of carbonyl (C=O) groups is 2. The van der Waals surface area contributed by atoms with E-state index in [4.69, 9.17) is 27.9 Å². The van der Waals surface area contributed by atoms with Gasteiger partial charge >= 0.3 is 0 Å². The molecule has 0 spiro atoms. The molecule has 0 heterocycles. The smallest absolute Gasteiger partial charge is 0.264 e. The van der Waals surface area contributed by atoms with Crippen molar-refractivity contribution in [1.82, 2.24) is 10.2 Å². The van der Waals surface area contributed by atoms with Gasteiger partial charge in [0.15, 0.2) is 0 Å². The zero-order chi connectivity index (χ0) is 31.7. The first-order chi connectivity index (χ1) is 20.4. The van der Waals surface area contributed by atoms with Crippen LogP contribution in [0, 0.1) is 5.92 Å². The minimum atomic E-state index is -4.26. The number of sulfonamides is 1. The van der Waals surface area contributed by atoms with Crippen LogP contribution >= 0.6 is 35.0 Å². The van der Waals surface area contributed by atoms with Crippen molar-refractivity contribution in [3.63, 3.8) is 0 Å². The molecule has 43 heavy (non-hydrogen) atoms. The van der Waals surface area contributed by atoms with Crippen molar-refractivity contribution in [2.24, 2.45) is 5.92 Å². The Balaban J connectivity index is 2.11. The molecular formula is C31H37Cl2N3O5S2. The normalized spacial score (nSPS) is 12.1. The molecule has 3 rings (SSSR count). The quantitative estimate of drug-likeness (QED) is 0.198. The minimum Gasteiger partial charge on any atom is -0.492 e. The Bertz CT molecular complexity index is 1500. The summed E-state index contributed by atoms with van der Waals surface area (Å²) in [5, 5.41) is 3.50. The second-order valence-corrected chi connectivity index (χ2v) is 13.7. The molecule has 1 N–H and O–H groups in total. The number of hydrogen-bond acceptors (Lipinski definition) is 6. The van der Waals surface area contributed by atoms with Gasteiger partial charge in [0.1, 0.15) is 18.3 Å². The van der Waals surface area contributed by atoms with Crippen molar-refractivity contribution in [2.45, 2.75) is 50.1 Å². The van der Waals surface area contributed by atoms with Gasteiger partial charge in [0.25, 0.3) is 10.0 Å². The first-order valence-electron chi connectivity index (χ1n) is 13.8. The van der Waals surface area contributed by atoms with Crippen LogP contribution in [-0.2, 0) is 26.2 Å².